The summed E-state index contributed by atoms with van der Waals surface area (Å²) in [5.41, 5.74) is 1.01. The van der Waals surface area contributed by atoms with Gasteiger partial charge in [0.05, 0.1) is 5.02 Å². The van der Waals surface area contributed by atoms with E-state index in [1.54, 1.807) is 6.07 Å². The molecule has 0 spiro atoms. The number of halogens is 2. The average Bonchev–Trinajstić information content (AvgIpc) is 2.20. The van der Waals surface area contributed by atoms with Gasteiger partial charge in [0.1, 0.15) is 11.6 Å². The molecule has 0 aliphatic carbocycles. The summed E-state index contributed by atoms with van der Waals surface area (Å²) in [4.78, 5) is 12.0. The summed E-state index contributed by atoms with van der Waals surface area (Å²) < 4.78 is 13.0. The van der Waals surface area contributed by atoms with Gasteiger partial charge in [0, 0.05) is 12.8 Å². The van der Waals surface area contributed by atoms with Crippen molar-refractivity contribution in [2.24, 2.45) is 11.3 Å². The smallest absolute Gasteiger partial charge is 0.141 e. The summed E-state index contributed by atoms with van der Waals surface area (Å²) in [6, 6.07) is 4.46. The first-order valence-electron chi connectivity index (χ1n) is 6.63. The van der Waals surface area contributed by atoms with Crippen LogP contribution in [-0.4, -0.2) is 5.78 Å². The lowest BCUT2D eigenvalue weighted by molar-refractivity contribution is -0.119. The SMILES string of the molecule is CC(CC(=O)Cc1ccc(F)c(Cl)c1)CC(C)(C)C. The maximum atomic E-state index is 13.0. The molecule has 0 aliphatic rings. The number of ketones is 1. The third kappa shape index (κ3) is 6.20. The van der Waals surface area contributed by atoms with Crippen molar-refractivity contribution in [1.29, 1.82) is 0 Å². The van der Waals surface area contributed by atoms with Crippen molar-refractivity contribution in [3.05, 3.63) is 34.6 Å². The summed E-state index contributed by atoms with van der Waals surface area (Å²) in [5, 5.41) is 0.0769. The van der Waals surface area contributed by atoms with Crippen molar-refractivity contribution in [3.8, 4) is 0 Å². The maximum absolute atomic E-state index is 13.0. The van der Waals surface area contributed by atoms with E-state index < -0.39 is 5.82 Å². The number of Topliss-reactive ketones (excluding diaryl/α,β-unsaturated/α-hetero) is 1. The molecule has 106 valence electrons. The number of benzene rings is 1. The normalized spacial score (nSPS) is 13.4. The quantitative estimate of drug-likeness (QED) is 0.739. The Bertz CT molecular complexity index is 449. The molecule has 3 heteroatoms. The van der Waals surface area contributed by atoms with Gasteiger partial charge in [0.2, 0.25) is 0 Å². The Balaban J connectivity index is 2.53. The predicted molar refractivity (Wildman–Crippen MR) is 78.0 cm³/mol. The van der Waals surface area contributed by atoms with Gasteiger partial charge in [0.25, 0.3) is 0 Å². The summed E-state index contributed by atoms with van der Waals surface area (Å²) in [5.74, 6) is 0.0989. The zero-order chi connectivity index (χ0) is 14.6. The Morgan fingerprint density at radius 2 is 2.00 bits per heavy atom. The lowest BCUT2D eigenvalue weighted by Gasteiger charge is -2.22. The zero-order valence-corrected chi connectivity index (χ0v) is 12.9. The topological polar surface area (TPSA) is 17.1 Å². The van der Waals surface area contributed by atoms with Crippen LogP contribution in [0.3, 0.4) is 0 Å². The Hall–Kier alpha value is -0.890. The standard InChI is InChI=1S/C16H22ClFO/c1-11(10-16(2,3)4)7-13(19)8-12-5-6-15(18)14(17)9-12/h5-6,9,11H,7-8,10H2,1-4H3. The first kappa shape index (κ1) is 16.2. The van der Waals surface area contributed by atoms with E-state index in [1.165, 1.54) is 12.1 Å². The van der Waals surface area contributed by atoms with Gasteiger partial charge in [-0.1, -0.05) is 45.4 Å². The molecule has 1 rings (SSSR count). The molecular weight excluding hydrogens is 263 g/mol. The molecule has 0 heterocycles. The predicted octanol–water partition coefficient (Wildman–Crippen LogP) is 5.05. The van der Waals surface area contributed by atoms with E-state index in [-0.39, 0.29) is 16.2 Å². The minimum absolute atomic E-state index is 0.0769. The second kappa shape index (κ2) is 6.51. The van der Waals surface area contributed by atoms with E-state index in [4.69, 9.17) is 11.6 Å². The van der Waals surface area contributed by atoms with Crippen LogP contribution in [-0.2, 0) is 11.2 Å². The van der Waals surface area contributed by atoms with E-state index in [0.29, 0.717) is 18.8 Å². The molecule has 0 bridgehead atoms. The van der Waals surface area contributed by atoms with Gasteiger partial charge < -0.3 is 0 Å². The van der Waals surface area contributed by atoms with Crippen molar-refractivity contribution >= 4 is 17.4 Å². The van der Waals surface area contributed by atoms with Crippen molar-refractivity contribution in [3.63, 3.8) is 0 Å². The Kier molecular flexibility index (Phi) is 5.54. The molecule has 19 heavy (non-hydrogen) atoms. The van der Waals surface area contributed by atoms with Crippen LogP contribution in [0.4, 0.5) is 4.39 Å². The molecule has 0 aromatic heterocycles. The van der Waals surface area contributed by atoms with E-state index in [9.17, 15) is 9.18 Å². The molecule has 1 atom stereocenters. The molecule has 0 radical (unpaired) electrons. The highest BCUT2D eigenvalue weighted by atomic mass is 35.5. The van der Waals surface area contributed by atoms with E-state index in [1.807, 2.05) is 0 Å². The fourth-order valence-corrected chi connectivity index (χ4v) is 2.66. The Morgan fingerprint density at radius 1 is 1.37 bits per heavy atom. The first-order valence-corrected chi connectivity index (χ1v) is 7.01. The van der Waals surface area contributed by atoms with Gasteiger partial charge in [-0.25, -0.2) is 4.39 Å². The van der Waals surface area contributed by atoms with Crippen molar-refractivity contribution < 1.29 is 9.18 Å². The largest absolute Gasteiger partial charge is 0.299 e. The lowest BCUT2D eigenvalue weighted by Crippen LogP contribution is -2.15. The number of carbonyl (C=O) groups excluding carboxylic acids is 1. The van der Waals surface area contributed by atoms with Crippen LogP contribution in [0, 0.1) is 17.2 Å². The molecule has 0 amide bonds. The van der Waals surface area contributed by atoms with Crippen molar-refractivity contribution in [2.45, 2.75) is 47.0 Å². The average molecular weight is 285 g/mol. The highest BCUT2D eigenvalue weighted by Gasteiger charge is 2.18. The van der Waals surface area contributed by atoms with Gasteiger partial charge in [-0.2, -0.15) is 0 Å². The Morgan fingerprint density at radius 3 is 2.53 bits per heavy atom. The molecule has 1 unspecified atom stereocenters. The van der Waals surface area contributed by atoms with Crippen LogP contribution >= 0.6 is 11.6 Å². The Labute approximate surface area is 120 Å². The van der Waals surface area contributed by atoms with Crippen LogP contribution < -0.4 is 0 Å². The molecule has 1 aromatic rings. The zero-order valence-electron chi connectivity index (χ0n) is 12.1. The molecule has 0 saturated carbocycles. The van der Waals surface area contributed by atoms with E-state index >= 15 is 0 Å². The molecule has 1 aromatic carbocycles. The van der Waals surface area contributed by atoms with Gasteiger partial charge in [-0.3, -0.25) is 4.79 Å². The molecule has 0 fully saturated rings. The molecular formula is C16H22ClFO. The van der Waals surface area contributed by atoms with Crippen LogP contribution in [0.5, 0.6) is 0 Å². The van der Waals surface area contributed by atoms with Crippen LogP contribution in [0.1, 0.15) is 46.1 Å². The van der Waals surface area contributed by atoms with Crippen molar-refractivity contribution in [2.75, 3.05) is 0 Å². The second-order valence-corrected chi connectivity index (χ2v) is 6.95. The van der Waals surface area contributed by atoms with Crippen LogP contribution in [0.25, 0.3) is 0 Å². The third-order valence-electron chi connectivity index (χ3n) is 2.92. The minimum Gasteiger partial charge on any atom is -0.299 e. The van der Waals surface area contributed by atoms with Gasteiger partial charge in [-0.15, -0.1) is 0 Å². The third-order valence-corrected chi connectivity index (χ3v) is 3.21. The minimum atomic E-state index is -0.445. The highest BCUT2D eigenvalue weighted by molar-refractivity contribution is 6.30. The molecule has 0 saturated heterocycles. The van der Waals surface area contributed by atoms with Gasteiger partial charge in [0.15, 0.2) is 0 Å². The lowest BCUT2D eigenvalue weighted by atomic mass is 9.83. The summed E-state index contributed by atoms with van der Waals surface area (Å²) in [6.07, 6.45) is 1.91. The maximum Gasteiger partial charge on any atom is 0.141 e. The second-order valence-electron chi connectivity index (χ2n) is 6.54. The van der Waals surface area contributed by atoms with Crippen LogP contribution in [0.15, 0.2) is 18.2 Å². The monoisotopic (exact) mass is 284 g/mol. The fourth-order valence-electron chi connectivity index (χ4n) is 2.46. The summed E-state index contributed by atoms with van der Waals surface area (Å²) in [7, 11) is 0. The summed E-state index contributed by atoms with van der Waals surface area (Å²) in [6.45, 7) is 8.62. The van der Waals surface area contributed by atoms with E-state index in [0.717, 1.165) is 12.0 Å². The van der Waals surface area contributed by atoms with Crippen LogP contribution in [0.2, 0.25) is 5.02 Å². The molecule has 0 aliphatic heterocycles. The molecule has 1 nitrogen and oxygen atoms in total. The number of hydrogen-bond donors (Lipinski definition) is 0. The highest BCUT2D eigenvalue weighted by Crippen LogP contribution is 2.26. The number of hydrogen-bond acceptors (Lipinski definition) is 1. The number of carbonyl (C=O) groups is 1. The fraction of sp³-hybridized carbons (Fsp3) is 0.562. The number of rotatable bonds is 5. The van der Waals surface area contributed by atoms with Gasteiger partial charge >= 0.3 is 0 Å². The molecule has 0 N–H and O–H groups in total. The first-order chi connectivity index (χ1) is 8.67. The summed E-state index contributed by atoms with van der Waals surface area (Å²) >= 11 is 5.70. The van der Waals surface area contributed by atoms with Crippen molar-refractivity contribution in [1.82, 2.24) is 0 Å². The van der Waals surface area contributed by atoms with Gasteiger partial charge in [-0.05, 0) is 35.4 Å². The van der Waals surface area contributed by atoms with E-state index in [2.05, 4.69) is 27.7 Å².